The Kier molecular flexibility index (Phi) is 6.49. The minimum Gasteiger partial charge on any atom is -0.418 e. The number of ketones is 1. The number of hydrogen-bond acceptors (Lipinski definition) is 7. The van der Waals surface area contributed by atoms with E-state index in [9.17, 15) is 19.2 Å². The van der Waals surface area contributed by atoms with Gasteiger partial charge in [0, 0.05) is 0 Å². The molecular formula is C24H29N5O5. The maximum atomic E-state index is 13.0. The first-order valence-electron chi connectivity index (χ1n) is 11.5. The number of nitrogens with zero attached hydrogens (tertiary/aromatic N) is 3. The van der Waals surface area contributed by atoms with E-state index in [4.69, 9.17) is 4.42 Å². The van der Waals surface area contributed by atoms with Crippen molar-refractivity contribution in [1.29, 1.82) is 0 Å². The summed E-state index contributed by atoms with van der Waals surface area (Å²) >= 11 is 0. The Hall–Kier alpha value is -3.56. The summed E-state index contributed by atoms with van der Waals surface area (Å²) in [4.78, 5) is 51.8. The average molecular weight is 468 g/mol. The third-order valence-electron chi connectivity index (χ3n) is 6.39. The molecule has 1 aliphatic carbocycles. The van der Waals surface area contributed by atoms with Gasteiger partial charge in [-0.05, 0) is 31.2 Å². The van der Waals surface area contributed by atoms with Gasteiger partial charge in [-0.2, -0.15) is 0 Å². The van der Waals surface area contributed by atoms with Crippen molar-refractivity contribution < 1.29 is 23.6 Å². The molecule has 1 aromatic heterocycles. The highest BCUT2D eigenvalue weighted by Crippen LogP contribution is 2.34. The highest BCUT2D eigenvalue weighted by molar-refractivity contribution is 6.09. The standard InChI is InChI=1S/C24H29N5O5/c1-14(2)19(20(31)21-28-27-18(34-21)12-16-8-6-7-15(3)11-16)25-17(30)13-29-22(32)24(26-23(29)33)9-4-5-10-24/h6-8,11,14,19H,4-5,9-10,12-13H2,1-3H3,(H,25,30)(H,26,33)/t19-/m0/s1. The van der Waals surface area contributed by atoms with Crippen LogP contribution in [0, 0.1) is 12.8 Å². The van der Waals surface area contributed by atoms with Crippen molar-refractivity contribution in [2.24, 2.45) is 5.92 Å². The minimum absolute atomic E-state index is 0.193. The van der Waals surface area contributed by atoms with Gasteiger partial charge >= 0.3 is 6.03 Å². The van der Waals surface area contributed by atoms with Crippen LogP contribution in [0.1, 0.15) is 67.2 Å². The summed E-state index contributed by atoms with van der Waals surface area (Å²) in [6.45, 7) is 5.07. The highest BCUT2D eigenvalue weighted by atomic mass is 16.4. The molecule has 2 aromatic rings. The van der Waals surface area contributed by atoms with E-state index in [2.05, 4.69) is 20.8 Å². The van der Waals surface area contributed by atoms with Crippen LogP contribution < -0.4 is 10.6 Å². The van der Waals surface area contributed by atoms with Crippen LogP contribution in [0.3, 0.4) is 0 Å². The third-order valence-corrected chi connectivity index (χ3v) is 6.39. The van der Waals surface area contributed by atoms with Gasteiger partial charge in [-0.3, -0.25) is 19.3 Å². The molecule has 1 saturated carbocycles. The molecule has 0 unspecified atom stereocenters. The average Bonchev–Trinajstić information content (AvgIpc) is 3.49. The number of Topliss-reactive ketones (excluding diaryl/α,β-unsaturated/α-hetero) is 1. The Bertz CT molecular complexity index is 1120. The fourth-order valence-corrected chi connectivity index (χ4v) is 4.59. The Morgan fingerprint density at radius 1 is 1.21 bits per heavy atom. The van der Waals surface area contributed by atoms with Gasteiger partial charge in [-0.15, -0.1) is 10.2 Å². The van der Waals surface area contributed by atoms with Gasteiger partial charge in [0.2, 0.25) is 17.6 Å². The number of urea groups is 1. The summed E-state index contributed by atoms with van der Waals surface area (Å²) in [7, 11) is 0. The number of aryl methyl sites for hydroxylation is 1. The highest BCUT2D eigenvalue weighted by Gasteiger charge is 2.52. The van der Waals surface area contributed by atoms with Crippen molar-refractivity contribution in [2.75, 3.05) is 6.54 Å². The summed E-state index contributed by atoms with van der Waals surface area (Å²) in [6.07, 6.45) is 3.24. The number of hydrogen-bond donors (Lipinski definition) is 2. The molecule has 0 bridgehead atoms. The summed E-state index contributed by atoms with van der Waals surface area (Å²) < 4.78 is 5.58. The van der Waals surface area contributed by atoms with Crippen LogP contribution in [0.5, 0.6) is 0 Å². The van der Waals surface area contributed by atoms with Gasteiger partial charge in [0.05, 0.1) is 12.5 Å². The van der Waals surface area contributed by atoms with Crippen LogP contribution in [-0.4, -0.2) is 56.9 Å². The van der Waals surface area contributed by atoms with E-state index >= 15 is 0 Å². The van der Waals surface area contributed by atoms with Crippen LogP contribution in [0.25, 0.3) is 0 Å². The van der Waals surface area contributed by atoms with Gasteiger partial charge in [-0.1, -0.05) is 56.5 Å². The normalized spacial score (nSPS) is 17.9. The number of benzene rings is 1. The number of rotatable bonds is 8. The topological polar surface area (TPSA) is 134 Å². The van der Waals surface area contributed by atoms with Gasteiger partial charge in [0.1, 0.15) is 12.1 Å². The molecule has 1 aliphatic heterocycles. The first-order chi connectivity index (χ1) is 16.2. The van der Waals surface area contributed by atoms with E-state index in [1.807, 2.05) is 31.2 Å². The van der Waals surface area contributed by atoms with Crippen LogP contribution >= 0.6 is 0 Å². The van der Waals surface area contributed by atoms with Crippen molar-refractivity contribution in [1.82, 2.24) is 25.7 Å². The predicted octanol–water partition coefficient (Wildman–Crippen LogP) is 2.16. The summed E-state index contributed by atoms with van der Waals surface area (Å²) in [5.41, 5.74) is 1.19. The smallest absolute Gasteiger partial charge is 0.325 e. The number of aromatic nitrogens is 2. The van der Waals surface area contributed by atoms with E-state index in [0.29, 0.717) is 25.2 Å². The van der Waals surface area contributed by atoms with Gasteiger partial charge in [0.25, 0.3) is 11.8 Å². The lowest BCUT2D eigenvalue weighted by atomic mass is 9.98. The molecule has 4 rings (SSSR count). The molecule has 1 aromatic carbocycles. The second-order valence-electron chi connectivity index (χ2n) is 9.43. The molecule has 0 radical (unpaired) electrons. The maximum absolute atomic E-state index is 13.0. The van der Waals surface area contributed by atoms with Gasteiger partial charge < -0.3 is 15.1 Å². The van der Waals surface area contributed by atoms with Crippen LogP contribution in [0.2, 0.25) is 0 Å². The SMILES string of the molecule is Cc1cccc(Cc2nnc(C(=O)[C@@H](NC(=O)CN3C(=O)NC4(CCCC4)C3=O)C(C)C)o2)c1. The molecule has 34 heavy (non-hydrogen) atoms. The lowest BCUT2D eigenvalue weighted by molar-refractivity contribution is -0.135. The van der Waals surface area contributed by atoms with E-state index in [1.165, 1.54) is 0 Å². The maximum Gasteiger partial charge on any atom is 0.325 e. The van der Waals surface area contributed by atoms with E-state index in [0.717, 1.165) is 28.9 Å². The van der Waals surface area contributed by atoms with Crippen molar-refractivity contribution >= 4 is 23.6 Å². The molecular weight excluding hydrogens is 438 g/mol. The first kappa shape index (κ1) is 23.6. The molecule has 10 nitrogen and oxygen atoms in total. The van der Waals surface area contributed by atoms with Gasteiger partial charge in [-0.25, -0.2) is 4.79 Å². The monoisotopic (exact) mass is 467 g/mol. The molecule has 2 fully saturated rings. The number of carbonyl (C=O) groups is 4. The number of nitrogens with one attached hydrogen (secondary N) is 2. The van der Waals surface area contributed by atoms with Crippen LogP contribution in [-0.2, 0) is 16.0 Å². The molecule has 2 heterocycles. The summed E-state index contributed by atoms with van der Waals surface area (Å²) in [5, 5.41) is 13.2. The predicted molar refractivity (Wildman–Crippen MR) is 121 cm³/mol. The molecule has 2 aliphatic rings. The lowest BCUT2D eigenvalue weighted by Crippen LogP contribution is -2.50. The Morgan fingerprint density at radius 2 is 1.94 bits per heavy atom. The summed E-state index contributed by atoms with van der Waals surface area (Å²) in [6, 6.07) is 6.32. The fraction of sp³-hybridized carbons (Fsp3) is 0.500. The second-order valence-corrected chi connectivity index (χ2v) is 9.43. The molecule has 1 saturated heterocycles. The Balaban J connectivity index is 1.41. The minimum atomic E-state index is -0.944. The molecule has 10 heteroatoms. The van der Waals surface area contributed by atoms with Crippen LogP contribution in [0.15, 0.2) is 28.7 Å². The molecule has 1 spiro atoms. The Labute approximate surface area is 197 Å². The van der Waals surface area contributed by atoms with Crippen LogP contribution in [0.4, 0.5) is 4.79 Å². The number of amides is 4. The lowest BCUT2D eigenvalue weighted by Gasteiger charge is -2.22. The number of carbonyl (C=O) groups excluding carboxylic acids is 4. The fourth-order valence-electron chi connectivity index (χ4n) is 4.59. The van der Waals surface area contributed by atoms with Crippen molar-refractivity contribution in [3.63, 3.8) is 0 Å². The van der Waals surface area contributed by atoms with Gasteiger partial charge in [0.15, 0.2) is 0 Å². The van der Waals surface area contributed by atoms with Crippen molar-refractivity contribution in [2.45, 2.75) is 64.5 Å². The third kappa shape index (κ3) is 4.71. The largest absolute Gasteiger partial charge is 0.418 e. The van der Waals surface area contributed by atoms with E-state index < -0.39 is 35.8 Å². The quantitative estimate of drug-likeness (QED) is 0.449. The van der Waals surface area contributed by atoms with E-state index in [-0.39, 0.29) is 17.7 Å². The summed E-state index contributed by atoms with van der Waals surface area (Å²) in [5.74, 6) is -1.69. The zero-order valence-electron chi connectivity index (χ0n) is 19.6. The zero-order chi connectivity index (χ0) is 24.5. The second kappa shape index (κ2) is 9.36. The van der Waals surface area contributed by atoms with E-state index in [1.54, 1.807) is 13.8 Å². The number of imide groups is 1. The molecule has 180 valence electrons. The molecule has 1 atom stereocenters. The molecule has 4 amide bonds. The van der Waals surface area contributed by atoms with Crippen molar-refractivity contribution in [3.8, 4) is 0 Å². The zero-order valence-corrected chi connectivity index (χ0v) is 19.6. The Morgan fingerprint density at radius 3 is 2.62 bits per heavy atom. The molecule has 2 N–H and O–H groups in total. The first-order valence-corrected chi connectivity index (χ1v) is 11.5. The van der Waals surface area contributed by atoms with Crippen molar-refractivity contribution in [3.05, 3.63) is 47.2 Å².